The van der Waals surface area contributed by atoms with Crippen molar-refractivity contribution in [2.45, 2.75) is 64.7 Å². The van der Waals surface area contributed by atoms with Gasteiger partial charge in [0, 0.05) is 35.2 Å². The summed E-state index contributed by atoms with van der Waals surface area (Å²) in [5.41, 5.74) is 1.34. The fraction of sp³-hybridized carbons (Fsp3) is 0.361. The van der Waals surface area contributed by atoms with E-state index in [2.05, 4.69) is 15.2 Å². The predicted molar refractivity (Wildman–Crippen MR) is 179 cm³/mol. The first-order valence-electron chi connectivity index (χ1n) is 15.9. The first-order chi connectivity index (χ1) is 22.7. The maximum Gasteiger partial charge on any atom is 0.303 e. The van der Waals surface area contributed by atoms with E-state index in [1.54, 1.807) is 12.3 Å². The number of hydrogen-bond donors (Lipinski definition) is 3. The van der Waals surface area contributed by atoms with Crippen LogP contribution in [0, 0.1) is 17.0 Å². The minimum atomic E-state index is -3.58. The van der Waals surface area contributed by atoms with E-state index in [-0.39, 0.29) is 47.2 Å². The van der Waals surface area contributed by atoms with Crippen LogP contribution in [0.25, 0.3) is 22.3 Å². The molecule has 1 aliphatic heterocycles. The Bertz CT molecular complexity index is 2110. The van der Waals surface area contributed by atoms with Gasteiger partial charge < -0.3 is 14.8 Å². The molecular formula is C36H38F2N4O5S. The number of rotatable bonds is 4. The summed E-state index contributed by atoms with van der Waals surface area (Å²) in [6.07, 6.45) is 3.77. The van der Waals surface area contributed by atoms with Gasteiger partial charge in [-0.05, 0) is 73.4 Å². The van der Waals surface area contributed by atoms with Crippen LogP contribution in [0.2, 0.25) is 0 Å². The van der Waals surface area contributed by atoms with E-state index in [0.29, 0.717) is 48.0 Å². The molecular weight excluding hydrogens is 638 g/mol. The van der Waals surface area contributed by atoms with Crippen LogP contribution in [0.3, 0.4) is 0 Å². The highest BCUT2D eigenvalue weighted by Crippen LogP contribution is 2.40. The first-order valence-corrected chi connectivity index (χ1v) is 17.8. The zero-order valence-corrected chi connectivity index (χ0v) is 27.9. The average molecular weight is 677 g/mol. The predicted octanol–water partition coefficient (Wildman–Crippen LogP) is 7.51. The lowest BCUT2D eigenvalue weighted by molar-refractivity contribution is -0.136. The van der Waals surface area contributed by atoms with Gasteiger partial charge >= 0.3 is 5.97 Å². The number of benzene rings is 3. The smallest absolute Gasteiger partial charge is 0.303 e. The van der Waals surface area contributed by atoms with Crippen LogP contribution in [-0.2, 0) is 32.9 Å². The summed E-state index contributed by atoms with van der Waals surface area (Å²) in [4.78, 5) is 19.0. The van der Waals surface area contributed by atoms with Gasteiger partial charge in [0.15, 0.2) is 27.2 Å². The lowest BCUT2D eigenvalue weighted by Crippen LogP contribution is -2.29. The van der Waals surface area contributed by atoms with Crippen LogP contribution in [0.4, 0.5) is 8.78 Å². The van der Waals surface area contributed by atoms with Crippen LogP contribution in [0.1, 0.15) is 69.0 Å². The molecule has 48 heavy (non-hydrogen) atoms. The van der Waals surface area contributed by atoms with Crippen LogP contribution in [-0.4, -0.2) is 51.2 Å². The van der Waals surface area contributed by atoms with Crippen molar-refractivity contribution in [2.24, 2.45) is 5.41 Å². The van der Waals surface area contributed by atoms with E-state index in [4.69, 9.17) is 9.72 Å². The Morgan fingerprint density at radius 2 is 1.85 bits per heavy atom. The number of nitrogens with zero attached hydrogens (tertiary/aromatic N) is 2. The number of carboxylic acids is 1. The third kappa shape index (κ3) is 6.99. The van der Waals surface area contributed by atoms with Gasteiger partial charge in [-0.25, -0.2) is 22.2 Å². The molecule has 0 amide bonds. The highest BCUT2D eigenvalue weighted by Gasteiger charge is 2.35. The van der Waals surface area contributed by atoms with Crippen molar-refractivity contribution < 1.29 is 31.8 Å². The number of hydrogen-bond acceptors (Lipinski definition) is 6. The summed E-state index contributed by atoms with van der Waals surface area (Å²) in [6, 6.07) is 14.7. The number of H-pyrrole nitrogens is 2. The lowest BCUT2D eigenvalue weighted by Gasteiger charge is -2.31. The van der Waals surface area contributed by atoms with Gasteiger partial charge in [0.05, 0.1) is 22.5 Å². The van der Waals surface area contributed by atoms with Crippen LogP contribution in [0.5, 0.6) is 11.5 Å². The summed E-state index contributed by atoms with van der Waals surface area (Å²) >= 11 is 0. The molecule has 3 aromatic carbocycles. The number of ether oxygens (including phenoxy) is 1. The van der Waals surface area contributed by atoms with Gasteiger partial charge in [-0.15, -0.1) is 0 Å². The molecule has 0 spiro atoms. The molecule has 3 heterocycles. The molecule has 4 bridgehead atoms. The maximum absolute atomic E-state index is 15.6. The lowest BCUT2D eigenvalue weighted by atomic mass is 9.75. The number of aryl methyl sites for hydroxylation is 2. The van der Waals surface area contributed by atoms with Crippen molar-refractivity contribution in [3.63, 3.8) is 0 Å². The summed E-state index contributed by atoms with van der Waals surface area (Å²) in [5, 5.41) is 17.3. The Hall–Kier alpha value is -4.58. The summed E-state index contributed by atoms with van der Waals surface area (Å²) in [5.74, 6) is -1.87. The highest BCUT2D eigenvalue weighted by molar-refractivity contribution is 7.91. The van der Waals surface area contributed by atoms with E-state index < -0.39 is 38.3 Å². The SMILES string of the molecule is CC1(C)CCCC(C)(c2cccc(CCC(=O)O)c2)c2nc(n[nH]2)-c2cc(ccc2F)Oc2c(F)cc3[nH]ccc3c2CCS(=O)(=O)C1. The van der Waals surface area contributed by atoms with E-state index in [1.807, 2.05) is 45.0 Å². The van der Waals surface area contributed by atoms with Gasteiger partial charge in [0.1, 0.15) is 17.4 Å². The quantitative estimate of drug-likeness (QED) is 0.179. The molecule has 1 aliphatic rings. The second kappa shape index (κ2) is 12.8. The number of aromatic amines is 2. The normalized spacial score (nSPS) is 19.5. The van der Waals surface area contributed by atoms with Crippen molar-refractivity contribution in [1.82, 2.24) is 20.2 Å². The highest BCUT2D eigenvalue weighted by atomic mass is 32.2. The summed E-state index contributed by atoms with van der Waals surface area (Å²) < 4.78 is 64.1. The monoisotopic (exact) mass is 676 g/mol. The molecule has 2 aromatic heterocycles. The topological polar surface area (TPSA) is 138 Å². The molecule has 0 fully saturated rings. The Morgan fingerprint density at radius 3 is 2.65 bits per heavy atom. The molecule has 0 aliphatic carbocycles. The van der Waals surface area contributed by atoms with Gasteiger partial charge in [-0.1, -0.05) is 44.5 Å². The molecule has 0 saturated heterocycles. The minimum absolute atomic E-state index is 0.0165. The molecule has 1 unspecified atom stereocenters. The van der Waals surface area contributed by atoms with Crippen LogP contribution < -0.4 is 4.74 Å². The Morgan fingerprint density at radius 1 is 1.04 bits per heavy atom. The number of carbonyl (C=O) groups is 1. The van der Waals surface area contributed by atoms with Gasteiger partial charge in [-0.2, -0.15) is 5.10 Å². The molecule has 0 saturated carbocycles. The van der Waals surface area contributed by atoms with Crippen molar-refractivity contribution in [1.29, 1.82) is 0 Å². The standard InChI is InChI=1S/C36H38F2N4O5S/c1-35(2)14-5-15-36(3,23-7-4-6-22(18-23)8-11-31(43)44)34-40-33(41-42-34)27-19-24(9-10-28(27)37)47-32-26(13-17-48(45,46)21-35)25-12-16-39-30(25)20-29(32)38/h4,6-7,9-10,12,16,18-20,39H,5,8,11,13-15,17,21H2,1-3H3,(H,43,44)(H,40,41,42). The molecule has 252 valence electrons. The number of aromatic nitrogens is 4. The number of aliphatic carboxylic acids is 1. The molecule has 3 N–H and O–H groups in total. The molecule has 12 heteroatoms. The van der Waals surface area contributed by atoms with Gasteiger partial charge in [0.25, 0.3) is 0 Å². The third-order valence-corrected chi connectivity index (χ3v) is 11.3. The Kier molecular flexibility index (Phi) is 8.88. The zero-order valence-electron chi connectivity index (χ0n) is 27.1. The third-order valence-electron chi connectivity index (χ3n) is 9.27. The summed E-state index contributed by atoms with van der Waals surface area (Å²) in [6.45, 7) is 5.85. The Balaban J connectivity index is 1.47. The Labute approximate surface area is 277 Å². The largest absolute Gasteiger partial charge is 0.481 e. The molecule has 0 radical (unpaired) electrons. The van der Waals surface area contributed by atoms with Crippen LogP contribution >= 0.6 is 0 Å². The fourth-order valence-corrected chi connectivity index (χ4v) is 8.70. The van der Waals surface area contributed by atoms with Gasteiger partial charge in [0.2, 0.25) is 0 Å². The zero-order chi connectivity index (χ0) is 34.3. The van der Waals surface area contributed by atoms with E-state index in [0.717, 1.165) is 11.1 Å². The first kappa shape index (κ1) is 33.3. The van der Waals surface area contributed by atoms with Crippen molar-refractivity contribution in [2.75, 3.05) is 11.5 Å². The van der Waals surface area contributed by atoms with Crippen molar-refractivity contribution in [3.8, 4) is 22.9 Å². The van der Waals surface area contributed by atoms with Crippen LogP contribution in [0.15, 0.2) is 60.8 Å². The molecule has 6 rings (SSSR count). The van der Waals surface area contributed by atoms with E-state index in [9.17, 15) is 18.3 Å². The molecule has 5 aromatic rings. The maximum atomic E-state index is 15.6. The number of carboxylic acid groups (broad SMARTS) is 1. The number of sulfone groups is 1. The average Bonchev–Trinajstić information content (AvgIpc) is 3.70. The molecule has 9 nitrogen and oxygen atoms in total. The minimum Gasteiger partial charge on any atom is -0.481 e. The van der Waals surface area contributed by atoms with Crippen molar-refractivity contribution >= 4 is 26.7 Å². The number of nitrogens with one attached hydrogen (secondary N) is 2. The number of fused-ring (bicyclic) bond motifs is 8. The molecule has 1 atom stereocenters. The summed E-state index contributed by atoms with van der Waals surface area (Å²) in [7, 11) is -3.58. The second-order valence-corrected chi connectivity index (χ2v) is 15.8. The number of halogens is 2. The van der Waals surface area contributed by atoms with E-state index in [1.165, 1.54) is 24.3 Å². The fourth-order valence-electron chi connectivity index (χ4n) is 6.71. The van der Waals surface area contributed by atoms with Crippen molar-refractivity contribution in [3.05, 3.63) is 94.9 Å². The van der Waals surface area contributed by atoms with Gasteiger partial charge in [-0.3, -0.25) is 9.89 Å². The second-order valence-electron chi connectivity index (χ2n) is 13.6. The van der Waals surface area contributed by atoms with E-state index >= 15 is 8.78 Å².